The maximum atomic E-state index is 13.8. The van der Waals surface area contributed by atoms with Crippen LogP contribution in [-0.2, 0) is 20.8 Å². The number of rotatable bonds is 17. The molecule has 3 unspecified atom stereocenters. The first kappa shape index (κ1) is 37.4. The molecule has 1 aliphatic carbocycles. The van der Waals surface area contributed by atoms with Gasteiger partial charge in [-0.1, -0.05) is 74.3 Å². The normalized spacial score (nSPS) is 16.7. The van der Waals surface area contributed by atoms with Gasteiger partial charge in [0.1, 0.15) is 18.1 Å². The average Bonchev–Trinajstić information content (AvgIpc) is 3.03. The Labute approximate surface area is 269 Å². The van der Waals surface area contributed by atoms with Crippen molar-refractivity contribution < 1.29 is 24.6 Å². The first-order chi connectivity index (χ1) is 21.5. The van der Waals surface area contributed by atoms with Gasteiger partial charge in [-0.3, -0.25) is 14.4 Å². The van der Waals surface area contributed by atoms with Gasteiger partial charge in [0.2, 0.25) is 17.7 Å². The third-order valence-electron chi connectivity index (χ3n) is 8.47. The molecule has 9 heteroatoms. The van der Waals surface area contributed by atoms with Gasteiger partial charge in [-0.25, -0.2) is 0 Å². The molecule has 1 saturated carbocycles. The summed E-state index contributed by atoms with van der Waals surface area (Å²) >= 11 is 0. The Hall–Kier alpha value is -3.81. The molecule has 0 aromatic heterocycles. The van der Waals surface area contributed by atoms with Crippen molar-refractivity contribution in [3.8, 4) is 37.0 Å². The molecule has 45 heavy (non-hydrogen) atoms. The standard InChI is InChI=1S/C36H50N4O5/c1-7-16-31(41)34(43)30(24-27-19-14-11-15-20-27)37-36(45)33(28(8-2)9-3)38-35(44)29(23-26-17-12-10-13-18-26)25-32(42)40(6)22-21-39(4)5/h1-3,10,12-13,17-18,27-31,33-34,41,43H,11,14-16,19-25H2,4-6H3,(H,37,45)(H,38,44)/t29?,30?,31?,33-,34+/m0/s1. The summed E-state index contributed by atoms with van der Waals surface area (Å²) in [6, 6.07) is 7.13. The Morgan fingerprint density at radius 2 is 1.58 bits per heavy atom. The average molecular weight is 619 g/mol. The third-order valence-corrected chi connectivity index (χ3v) is 8.47. The fourth-order valence-corrected chi connectivity index (χ4v) is 5.66. The Morgan fingerprint density at radius 3 is 2.16 bits per heavy atom. The summed E-state index contributed by atoms with van der Waals surface area (Å²) in [5.41, 5.74) is 0.853. The van der Waals surface area contributed by atoms with Crippen LogP contribution in [0.15, 0.2) is 30.3 Å². The topological polar surface area (TPSA) is 122 Å². The van der Waals surface area contributed by atoms with Gasteiger partial charge in [-0.15, -0.1) is 25.2 Å². The molecule has 9 nitrogen and oxygen atoms in total. The first-order valence-electron chi connectivity index (χ1n) is 15.8. The maximum absolute atomic E-state index is 13.8. The van der Waals surface area contributed by atoms with Gasteiger partial charge in [0, 0.05) is 33.0 Å². The van der Waals surface area contributed by atoms with E-state index in [9.17, 15) is 24.6 Å². The van der Waals surface area contributed by atoms with E-state index in [1.807, 2.05) is 49.3 Å². The van der Waals surface area contributed by atoms with E-state index in [2.05, 4.69) is 28.4 Å². The lowest BCUT2D eigenvalue weighted by Crippen LogP contribution is -2.57. The molecule has 0 aliphatic heterocycles. The molecule has 1 fully saturated rings. The fraction of sp³-hybridized carbons (Fsp3) is 0.583. The predicted molar refractivity (Wildman–Crippen MR) is 176 cm³/mol. The number of aliphatic hydroxyl groups excluding tert-OH is 2. The van der Waals surface area contributed by atoms with E-state index in [1.54, 1.807) is 11.9 Å². The first-order valence-corrected chi connectivity index (χ1v) is 15.8. The minimum absolute atomic E-state index is 0.0862. The molecule has 0 bridgehead atoms. The van der Waals surface area contributed by atoms with Gasteiger partial charge < -0.3 is 30.6 Å². The van der Waals surface area contributed by atoms with Crippen LogP contribution < -0.4 is 10.6 Å². The smallest absolute Gasteiger partial charge is 0.245 e. The van der Waals surface area contributed by atoms with Crippen LogP contribution in [0.2, 0.25) is 0 Å². The molecule has 244 valence electrons. The largest absolute Gasteiger partial charge is 0.389 e. The molecular weight excluding hydrogens is 568 g/mol. The minimum Gasteiger partial charge on any atom is -0.389 e. The number of benzene rings is 1. The Bertz CT molecular complexity index is 1190. The van der Waals surface area contributed by atoms with E-state index in [-0.39, 0.29) is 31.1 Å². The molecule has 0 saturated heterocycles. The summed E-state index contributed by atoms with van der Waals surface area (Å²) < 4.78 is 0. The zero-order valence-corrected chi connectivity index (χ0v) is 27.0. The number of terminal acetylenes is 3. The molecule has 1 aromatic carbocycles. The van der Waals surface area contributed by atoms with Gasteiger partial charge in [0.25, 0.3) is 0 Å². The van der Waals surface area contributed by atoms with Crippen molar-refractivity contribution in [3.05, 3.63) is 35.9 Å². The van der Waals surface area contributed by atoms with Crippen LogP contribution in [0.4, 0.5) is 0 Å². The van der Waals surface area contributed by atoms with Crippen molar-refractivity contribution in [1.29, 1.82) is 0 Å². The number of nitrogens with zero attached hydrogens (tertiary/aromatic N) is 2. The van der Waals surface area contributed by atoms with Crippen LogP contribution in [0, 0.1) is 54.8 Å². The number of likely N-dealkylation sites (N-methyl/N-ethyl adjacent to an activating group) is 2. The van der Waals surface area contributed by atoms with Crippen LogP contribution in [0.25, 0.3) is 0 Å². The Morgan fingerprint density at radius 1 is 0.933 bits per heavy atom. The molecular formula is C36H50N4O5. The van der Waals surface area contributed by atoms with Crippen molar-refractivity contribution in [2.75, 3.05) is 34.2 Å². The zero-order valence-electron chi connectivity index (χ0n) is 27.0. The highest BCUT2D eigenvalue weighted by atomic mass is 16.3. The monoisotopic (exact) mass is 618 g/mol. The van der Waals surface area contributed by atoms with Crippen LogP contribution in [0.1, 0.15) is 56.9 Å². The van der Waals surface area contributed by atoms with E-state index in [1.165, 1.54) is 0 Å². The molecule has 4 N–H and O–H groups in total. The van der Waals surface area contributed by atoms with Crippen molar-refractivity contribution in [2.45, 2.75) is 82.1 Å². The van der Waals surface area contributed by atoms with Gasteiger partial charge in [0.05, 0.1) is 18.1 Å². The lowest BCUT2D eigenvalue weighted by molar-refractivity contribution is -0.137. The van der Waals surface area contributed by atoms with Gasteiger partial charge in [0.15, 0.2) is 0 Å². The van der Waals surface area contributed by atoms with Gasteiger partial charge in [-0.05, 0) is 38.4 Å². The van der Waals surface area contributed by atoms with E-state index in [4.69, 9.17) is 19.3 Å². The zero-order chi connectivity index (χ0) is 33.4. The van der Waals surface area contributed by atoms with Crippen molar-refractivity contribution >= 4 is 17.7 Å². The number of hydrogen-bond acceptors (Lipinski definition) is 6. The second kappa shape index (κ2) is 19.6. The number of nitrogens with one attached hydrogen (secondary N) is 2. The number of carbonyl (C=O) groups is 3. The summed E-state index contributed by atoms with van der Waals surface area (Å²) in [5.74, 6) is 4.07. The number of hydrogen-bond donors (Lipinski definition) is 4. The third kappa shape index (κ3) is 12.6. The summed E-state index contributed by atoms with van der Waals surface area (Å²) in [5, 5.41) is 27.1. The molecule has 0 heterocycles. The van der Waals surface area contributed by atoms with Crippen LogP contribution >= 0.6 is 0 Å². The summed E-state index contributed by atoms with van der Waals surface area (Å²) in [6.45, 7) is 1.15. The number of carbonyl (C=O) groups excluding carboxylic acids is 3. The van der Waals surface area contributed by atoms with Crippen LogP contribution in [-0.4, -0.2) is 96.3 Å². The van der Waals surface area contributed by atoms with Crippen molar-refractivity contribution in [1.82, 2.24) is 20.4 Å². The highest BCUT2D eigenvalue weighted by molar-refractivity contribution is 5.91. The van der Waals surface area contributed by atoms with E-state index < -0.39 is 47.9 Å². The summed E-state index contributed by atoms with van der Waals surface area (Å²) in [6.07, 6.45) is 19.8. The van der Waals surface area contributed by atoms with E-state index in [0.717, 1.165) is 37.7 Å². The predicted octanol–water partition coefficient (Wildman–Crippen LogP) is 1.82. The Balaban J connectivity index is 2.32. The van der Waals surface area contributed by atoms with E-state index in [0.29, 0.717) is 19.5 Å². The van der Waals surface area contributed by atoms with Crippen molar-refractivity contribution in [3.63, 3.8) is 0 Å². The van der Waals surface area contributed by atoms with E-state index >= 15 is 0 Å². The lowest BCUT2D eigenvalue weighted by Gasteiger charge is -2.33. The molecule has 1 aliphatic rings. The van der Waals surface area contributed by atoms with Crippen LogP contribution in [0.5, 0.6) is 0 Å². The van der Waals surface area contributed by atoms with Gasteiger partial charge in [-0.2, -0.15) is 0 Å². The quantitative estimate of drug-likeness (QED) is 0.198. The second-order valence-electron chi connectivity index (χ2n) is 12.3. The molecule has 5 atom stereocenters. The lowest BCUT2D eigenvalue weighted by atomic mass is 9.82. The number of aliphatic hydroxyl groups is 2. The SMILES string of the molecule is C#CCC(O)[C@H](O)C(CC1CCCCC1)NC(=O)[C@@H](NC(=O)C(CC(=O)N(C)CCN(C)C)Cc1ccccc1)C(C#C)C#C. The summed E-state index contributed by atoms with van der Waals surface area (Å²) in [4.78, 5) is 44.4. The maximum Gasteiger partial charge on any atom is 0.245 e. The highest BCUT2D eigenvalue weighted by Crippen LogP contribution is 2.29. The molecule has 1 aromatic rings. The number of amides is 3. The molecule has 3 amide bonds. The fourth-order valence-electron chi connectivity index (χ4n) is 5.66. The van der Waals surface area contributed by atoms with Crippen LogP contribution in [0.3, 0.4) is 0 Å². The molecule has 2 rings (SSSR count). The second-order valence-corrected chi connectivity index (χ2v) is 12.3. The summed E-state index contributed by atoms with van der Waals surface area (Å²) in [7, 11) is 5.52. The molecule has 0 radical (unpaired) electrons. The minimum atomic E-state index is -1.34. The highest BCUT2D eigenvalue weighted by Gasteiger charge is 2.36. The Kier molecular flexibility index (Phi) is 16.2. The molecule has 0 spiro atoms. The van der Waals surface area contributed by atoms with Crippen molar-refractivity contribution in [2.24, 2.45) is 17.8 Å². The van der Waals surface area contributed by atoms with Gasteiger partial charge >= 0.3 is 0 Å².